The molecular formula is C15H19NOSSi. The SMILES string of the molecule is CC(=Nc1ccccc1O[Si](C)(C)C)c1cccs1. The van der Waals surface area contributed by atoms with Gasteiger partial charge in [-0.25, -0.2) is 4.99 Å². The molecule has 0 spiro atoms. The van der Waals surface area contributed by atoms with Gasteiger partial charge in [-0.1, -0.05) is 18.2 Å². The maximum atomic E-state index is 6.09. The number of hydrogen-bond acceptors (Lipinski definition) is 3. The van der Waals surface area contributed by atoms with Crippen molar-refractivity contribution in [2.24, 2.45) is 4.99 Å². The molecule has 0 N–H and O–H groups in total. The highest BCUT2D eigenvalue weighted by molar-refractivity contribution is 7.12. The number of aliphatic imine (C=N–C) groups is 1. The van der Waals surface area contributed by atoms with E-state index in [4.69, 9.17) is 9.42 Å². The van der Waals surface area contributed by atoms with Crippen LogP contribution in [0.3, 0.4) is 0 Å². The summed E-state index contributed by atoms with van der Waals surface area (Å²) >= 11 is 1.71. The fourth-order valence-electron chi connectivity index (χ4n) is 1.69. The minimum absolute atomic E-state index is 0.887. The van der Waals surface area contributed by atoms with Gasteiger partial charge in [-0.3, -0.25) is 0 Å². The minimum atomic E-state index is -1.61. The molecule has 0 amide bonds. The molecule has 0 atom stereocenters. The fourth-order valence-corrected chi connectivity index (χ4v) is 3.20. The van der Waals surface area contributed by atoms with Gasteiger partial charge in [0.2, 0.25) is 8.32 Å². The lowest BCUT2D eigenvalue weighted by atomic mass is 10.3. The number of rotatable bonds is 4. The topological polar surface area (TPSA) is 21.6 Å². The largest absolute Gasteiger partial charge is 0.543 e. The van der Waals surface area contributed by atoms with Gasteiger partial charge in [0.1, 0.15) is 11.4 Å². The second-order valence-electron chi connectivity index (χ2n) is 5.36. The molecule has 0 unspecified atom stereocenters. The third-order valence-corrected chi connectivity index (χ3v) is 4.26. The van der Waals surface area contributed by atoms with Crippen molar-refractivity contribution in [2.45, 2.75) is 26.6 Å². The molecule has 1 aromatic heterocycles. The molecule has 4 heteroatoms. The van der Waals surface area contributed by atoms with E-state index in [1.54, 1.807) is 11.3 Å². The van der Waals surface area contributed by atoms with Crippen molar-refractivity contribution in [3.05, 3.63) is 46.7 Å². The van der Waals surface area contributed by atoms with Crippen LogP contribution in [0.15, 0.2) is 46.8 Å². The van der Waals surface area contributed by atoms with Gasteiger partial charge in [0.25, 0.3) is 0 Å². The molecule has 19 heavy (non-hydrogen) atoms. The maximum Gasteiger partial charge on any atom is 0.242 e. The zero-order valence-electron chi connectivity index (χ0n) is 11.8. The van der Waals surface area contributed by atoms with Gasteiger partial charge in [-0.2, -0.15) is 0 Å². The minimum Gasteiger partial charge on any atom is -0.543 e. The van der Waals surface area contributed by atoms with E-state index in [9.17, 15) is 0 Å². The van der Waals surface area contributed by atoms with Crippen molar-refractivity contribution in [2.75, 3.05) is 0 Å². The van der Waals surface area contributed by atoms with E-state index in [1.165, 1.54) is 4.88 Å². The lowest BCUT2D eigenvalue weighted by molar-refractivity contribution is 0.559. The van der Waals surface area contributed by atoms with E-state index in [0.717, 1.165) is 17.1 Å². The molecule has 0 saturated carbocycles. The Balaban J connectivity index is 2.33. The molecule has 100 valence electrons. The van der Waals surface area contributed by atoms with Crippen molar-refractivity contribution in [3.63, 3.8) is 0 Å². The molecule has 0 bridgehead atoms. The summed E-state index contributed by atoms with van der Waals surface area (Å²) in [5.41, 5.74) is 1.94. The van der Waals surface area contributed by atoms with Crippen LogP contribution in [0.2, 0.25) is 19.6 Å². The molecule has 0 saturated heterocycles. The summed E-state index contributed by atoms with van der Waals surface area (Å²) in [6.45, 7) is 8.58. The van der Waals surface area contributed by atoms with Crippen molar-refractivity contribution in [1.29, 1.82) is 0 Å². The van der Waals surface area contributed by atoms with Crippen molar-refractivity contribution in [1.82, 2.24) is 0 Å². The Labute approximate surface area is 119 Å². The quantitative estimate of drug-likeness (QED) is 0.566. The summed E-state index contributed by atoms with van der Waals surface area (Å²) < 4.78 is 6.09. The van der Waals surface area contributed by atoms with E-state index in [2.05, 4.69) is 31.1 Å². The van der Waals surface area contributed by atoms with Crippen LogP contribution in [0.25, 0.3) is 0 Å². The molecule has 2 nitrogen and oxygen atoms in total. The van der Waals surface area contributed by atoms with E-state index >= 15 is 0 Å². The van der Waals surface area contributed by atoms with Gasteiger partial charge in [0, 0.05) is 4.88 Å². The summed E-state index contributed by atoms with van der Waals surface area (Å²) in [6, 6.07) is 12.1. The number of benzene rings is 1. The van der Waals surface area contributed by atoms with E-state index in [1.807, 2.05) is 37.3 Å². The number of para-hydroxylation sites is 2. The fraction of sp³-hybridized carbons (Fsp3) is 0.267. The Hall–Kier alpha value is -1.39. The van der Waals surface area contributed by atoms with Gasteiger partial charge in [0.05, 0.1) is 5.71 Å². The number of hydrogen-bond donors (Lipinski definition) is 0. The van der Waals surface area contributed by atoms with Crippen LogP contribution in [0.4, 0.5) is 5.69 Å². The van der Waals surface area contributed by atoms with Gasteiger partial charge < -0.3 is 4.43 Å². The lowest BCUT2D eigenvalue weighted by Gasteiger charge is -2.20. The lowest BCUT2D eigenvalue weighted by Crippen LogP contribution is -2.29. The zero-order chi connectivity index (χ0) is 13.9. The van der Waals surface area contributed by atoms with Gasteiger partial charge in [-0.15, -0.1) is 11.3 Å². The van der Waals surface area contributed by atoms with Gasteiger partial charge in [-0.05, 0) is 50.1 Å². The molecule has 0 fully saturated rings. The van der Waals surface area contributed by atoms with Crippen LogP contribution in [0.1, 0.15) is 11.8 Å². The highest BCUT2D eigenvalue weighted by atomic mass is 32.1. The molecule has 2 rings (SSSR count). The first kappa shape index (κ1) is 14.0. The molecule has 1 aromatic carbocycles. The molecule has 2 aromatic rings. The third kappa shape index (κ3) is 4.04. The molecule has 0 aliphatic heterocycles. The standard InChI is InChI=1S/C15H19NOSSi/c1-12(15-10-7-11-18-15)16-13-8-5-6-9-14(13)17-19(2,3)4/h5-11H,1-4H3. The Kier molecular flexibility index (Phi) is 4.22. The van der Waals surface area contributed by atoms with Gasteiger partial charge in [0.15, 0.2) is 0 Å². The van der Waals surface area contributed by atoms with E-state index in [0.29, 0.717) is 0 Å². The predicted octanol–water partition coefficient (Wildman–Crippen LogP) is 5.10. The number of thiophene rings is 1. The van der Waals surface area contributed by atoms with Crippen LogP contribution in [-0.2, 0) is 0 Å². The second kappa shape index (κ2) is 5.71. The van der Waals surface area contributed by atoms with Crippen LogP contribution >= 0.6 is 11.3 Å². The maximum absolute atomic E-state index is 6.09. The Bertz CT molecular complexity index is 570. The summed E-state index contributed by atoms with van der Waals surface area (Å²) in [5.74, 6) is 0.887. The summed E-state index contributed by atoms with van der Waals surface area (Å²) in [6.07, 6.45) is 0. The monoisotopic (exact) mass is 289 g/mol. The molecule has 1 heterocycles. The number of nitrogens with zero attached hydrogens (tertiary/aromatic N) is 1. The summed E-state index contributed by atoms with van der Waals surface area (Å²) in [7, 11) is -1.61. The smallest absolute Gasteiger partial charge is 0.242 e. The van der Waals surface area contributed by atoms with Crippen LogP contribution in [-0.4, -0.2) is 14.0 Å². The first-order chi connectivity index (χ1) is 8.96. The van der Waals surface area contributed by atoms with Crippen molar-refractivity contribution < 1.29 is 4.43 Å². The average molecular weight is 289 g/mol. The first-order valence-corrected chi connectivity index (χ1v) is 10.6. The molecule has 0 radical (unpaired) electrons. The Morgan fingerprint density at radius 1 is 1.11 bits per heavy atom. The molecule has 0 aliphatic rings. The van der Waals surface area contributed by atoms with Gasteiger partial charge >= 0.3 is 0 Å². The normalized spacial score (nSPS) is 12.5. The molecule has 0 aliphatic carbocycles. The highest BCUT2D eigenvalue weighted by Gasteiger charge is 2.18. The van der Waals surface area contributed by atoms with Crippen LogP contribution in [0, 0.1) is 0 Å². The van der Waals surface area contributed by atoms with Crippen molar-refractivity contribution in [3.8, 4) is 5.75 Å². The Morgan fingerprint density at radius 2 is 1.84 bits per heavy atom. The first-order valence-electron chi connectivity index (χ1n) is 6.33. The zero-order valence-corrected chi connectivity index (χ0v) is 13.6. The second-order valence-corrected chi connectivity index (χ2v) is 10.7. The van der Waals surface area contributed by atoms with Crippen molar-refractivity contribution >= 4 is 31.1 Å². The van der Waals surface area contributed by atoms with Crippen LogP contribution < -0.4 is 4.43 Å². The predicted molar refractivity (Wildman–Crippen MR) is 86.6 cm³/mol. The average Bonchev–Trinajstić information content (AvgIpc) is 2.83. The summed E-state index contributed by atoms with van der Waals surface area (Å²) in [4.78, 5) is 5.91. The highest BCUT2D eigenvalue weighted by Crippen LogP contribution is 2.30. The van der Waals surface area contributed by atoms with Crippen LogP contribution in [0.5, 0.6) is 5.75 Å². The van der Waals surface area contributed by atoms with E-state index < -0.39 is 8.32 Å². The third-order valence-electron chi connectivity index (χ3n) is 2.45. The molecular weight excluding hydrogens is 270 g/mol. The van der Waals surface area contributed by atoms with E-state index in [-0.39, 0.29) is 0 Å². The summed E-state index contributed by atoms with van der Waals surface area (Å²) in [5, 5.41) is 2.07. The Morgan fingerprint density at radius 3 is 2.47 bits per heavy atom.